The lowest BCUT2D eigenvalue weighted by Gasteiger charge is -2.11. The molecular formula is C14H16N2O3S. The normalized spacial score (nSPS) is 11.2. The Morgan fingerprint density at radius 1 is 1.10 bits per heavy atom. The first-order valence-corrected chi connectivity index (χ1v) is 7.92. The second-order valence-corrected chi connectivity index (χ2v) is 6.33. The number of nitrogens with zero attached hydrogens (tertiary/aromatic N) is 1. The molecule has 0 spiro atoms. The van der Waals surface area contributed by atoms with Crippen LogP contribution in [-0.4, -0.2) is 19.7 Å². The molecule has 0 aliphatic carbocycles. The molecule has 0 fully saturated rings. The smallest absolute Gasteiger partial charge is 0.229 e. The first-order valence-electron chi connectivity index (χ1n) is 6.03. The van der Waals surface area contributed by atoms with E-state index < -0.39 is 10.0 Å². The number of pyridine rings is 1. The number of hydrogen-bond donors (Lipinski definition) is 1. The van der Waals surface area contributed by atoms with Gasteiger partial charge >= 0.3 is 0 Å². The van der Waals surface area contributed by atoms with Gasteiger partial charge in [0.2, 0.25) is 15.9 Å². The lowest BCUT2D eigenvalue weighted by atomic mass is 10.1. The summed E-state index contributed by atoms with van der Waals surface area (Å²) in [6.45, 7) is 3.92. The van der Waals surface area contributed by atoms with Crippen molar-refractivity contribution in [3.63, 3.8) is 0 Å². The topological polar surface area (TPSA) is 68.3 Å². The van der Waals surface area contributed by atoms with Crippen LogP contribution in [0.15, 0.2) is 36.5 Å². The molecule has 1 aromatic heterocycles. The molecular weight excluding hydrogens is 276 g/mol. The third kappa shape index (κ3) is 3.71. The predicted octanol–water partition coefficient (Wildman–Crippen LogP) is 2.86. The summed E-state index contributed by atoms with van der Waals surface area (Å²) in [7, 11) is -3.29. The monoisotopic (exact) mass is 292 g/mol. The zero-order valence-corrected chi connectivity index (χ0v) is 12.4. The zero-order chi connectivity index (χ0) is 14.8. The van der Waals surface area contributed by atoms with Gasteiger partial charge in [0.15, 0.2) is 0 Å². The van der Waals surface area contributed by atoms with E-state index in [1.165, 1.54) is 6.20 Å². The molecule has 106 valence electrons. The van der Waals surface area contributed by atoms with Crippen LogP contribution in [0.1, 0.15) is 11.1 Å². The van der Waals surface area contributed by atoms with Gasteiger partial charge in [-0.15, -0.1) is 0 Å². The van der Waals surface area contributed by atoms with Crippen LogP contribution in [0, 0.1) is 13.8 Å². The number of sulfonamides is 1. The van der Waals surface area contributed by atoms with Gasteiger partial charge in [0.25, 0.3) is 0 Å². The first kappa shape index (κ1) is 14.3. The fraction of sp³-hybridized carbons (Fsp3) is 0.214. The quantitative estimate of drug-likeness (QED) is 0.940. The van der Waals surface area contributed by atoms with Gasteiger partial charge in [-0.05, 0) is 31.0 Å². The van der Waals surface area contributed by atoms with Gasteiger partial charge < -0.3 is 4.74 Å². The molecule has 0 amide bonds. The van der Waals surface area contributed by atoms with Crippen molar-refractivity contribution in [1.29, 1.82) is 0 Å². The molecule has 20 heavy (non-hydrogen) atoms. The van der Waals surface area contributed by atoms with Crippen molar-refractivity contribution in [2.24, 2.45) is 0 Å². The van der Waals surface area contributed by atoms with Gasteiger partial charge in [0, 0.05) is 6.07 Å². The molecule has 2 rings (SSSR count). The molecule has 0 atom stereocenters. The van der Waals surface area contributed by atoms with Crippen molar-refractivity contribution in [2.45, 2.75) is 13.8 Å². The van der Waals surface area contributed by atoms with Crippen LogP contribution in [0.2, 0.25) is 0 Å². The molecule has 5 nitrogen and oxygen atoms in total. The van der Waals surface area contributed by atoms with Gasteiger partial charge in [0.1, 0.15) is 5.75 Å². The summed E-state index contributed by atoms with van der Waals surface area (Å²) in [5.41, 5.74) is 2.44. The third-order valence-corrected chi connectivity index (χ3v) is 3.26. The molecule has 2 aromatic rings. The van der Waals surface area contributed by atoms with Crippen LogP contribution in [-0.2, 0) is 10.0 Å². The SMILES string of the molecule is Cc1cccc(C)c1Oc1ccc(NS(C)(=O)=O)cn1. The maximum Gasteiger partial charge on any atom is 0.229 e. The summed E-state index contributed by atoms with van der Waals surface area (Å²) in [5.74, 6) is 1.19. The predicted molar refractivity (Wildman–Crippen MR) is 78.7 cm³/mol. The molecule has 0 saturated carbocycles. The third-order valence-electron chi connectivity index (χ3n) is 2.65. The van der Waals surface area contributed by atoms with Crippen LogP contribution in [0.5, 0.6) is 11.6 Å². The van der Waals surface area contributed by atoms with E-state index >= 15 is 0 Å². The Bertz CT molecular complexity index is 689. The Hall–Kier alpha value is -2.08. The highest BCUT2D eigenvalue weighted by Crippen LogP contribution is 2.27. The molecule has 0 aliphatic rings. The van der Waals surface area contributed by atoms with Crippen molar-refractivity contribution >= 4 is 15.7 Å². The Kier molecular flexibility index (Phi) is 3.94. The van der Waals surface area contributed by atoms with Crippen LogP contribution in [0.3, 0.4) is 0 Å². The number of para-hydroxylation sites is 1. The fourth-order valence-electron chi connectivity index (χ4n) is 1.78. The van der Waals surface area contributed by atoms with Crippen molar-refractivity contribution in [1.82, 2.24) is 4.98 Å². The Labute approximate surface area is 118 Å². The van der Waals surface area contributed by atoms with Gasteiger partial charge in [0.05, 0.1) is 18.1 Å². The summed E-state index contributed by atoms with van der Waals surface area (Å²) in [5, 5.41) is 0. The number of aromatic nitrogens is 1. The van der Waals surface area contributed by atoms with Gasteiger partial charge in [-0.1, -0.05) is 18.2 Å². The van der Waals surface area contributed by atoms with E-state index in [1.807, 2.05) is 32.0 Å². The lowest BCUT2D eigenvalue weighted by Crippen LogP contribution is -2.09. The summed E-state index contributed by atoms with van der Waals surface area (Å²) in [6.07, 6.45) is 2.51. The highest BCUT2D eigenvalue weighted by Gasteiger charge is 2.07. The summed E-state index contributed by atoms with van der Waals surface area (Å²) < 4.78 is 30.3. The van der Waals surface area contributed by atoms with Gasteiger partial charge in [-0.3, -0.25) is 4.72 Å². The summed E-state index contributed by atoms with van der Waals surface area (Å²) in [6, 6.07) is 9.12. The average Bonchev–Trinajstić information content (AvgIpc) is 2.34. The number of nitrogens with one attached hydrogen (secondary N) is 1. The molecule has 0 bridgehead atoms. The maximum absolute atomic E-state index is 11.1. The molecule has 0 unspecified atom stereocenters. The minimum atomic E-state index is -3.29. The summed E-state index contributed by atoms with van der Waals surface area (Å²) in [4.78, 5) is 4.09. The van der Waals surface area contributed by atoms with Crippen LogP contribution in [0.25, 0.3) is 0 Å². The van der Waals surface area contributed by atoms with E-state index in [0.717, 1.165) is 23.1 Å². The minimum Gasteiger partial charge on any atom is -0.438 e. The molecule has 1 aromatic carbocycles. The Balaban J connectivity index is 2.19. The van der Waals surface area contributed by atoms with Gasteiger partial charge in [-0.2, -0.15) is 0 Å². The highest BCUT2D eigenvalue weighted by molar-refractivity contribution is 7.92. The molecule has 0 radical (unpaired) electrons. The molecule has 0 aliphatic heterocycles. The largest absolute Gasteiger partial charge is 0.438 e. The minimum absolute atomic E-state index is 0.404. The molecule has 1 heterocycles. The maximum atomic E-state index is 11.1. The second kappa shape index (κ2) is 5.50. The number of ether oxygens (including phenoxy) is 1. The van der Waals surface area contributed by atoms with Crippen LogP contribution < -0.4 is 9.46 Å². The van der Waals surface area contributed by atoms with Gasteiger partial charge in [-0.25, -0.2) is 13.4 Å². The first-order chi connectivity index (χ1) is 9.35. The van der Waals surface area contributed by atoms with Crippen LogP contribution >= 0.6 is 0 Å². The Morgan fingerprint density at radius 3 is 2.25 bits per heavy atom. The van der Waals surface area contributed by atoms with E-state index in [2.05, 4.69) is 9.71 Å². The average molecular weight is 292 g/mol. The van der Waals surface area contributed by atoms with E-state index in [-0.39, 0.29) is 0 Å². The second-order valence-electron chi connectivity index (χ2n) is 4.58. The number of anilines is 1. The number of benzene rings is 1. The number of aryl methyl sites for hydroxylation is 2. The fourth-order valence-corrected chi connectivity index (χ4v) is 2.33. The van der Waals surface area contributed by atoms with Crippen molar-refractivity contribution in [2.75, 3.05) is 11.0 Å². The summed E-state index contributed by atoms with van der Waals surface area (Å²) >= 11 is 0. The van der Waals surface area contributed by atoms with Crippen molar-refractivity contribution in [3.05, 3.63) is 47.7 Å². The standard InChI is InChI=1S/C14H16N2O3S/c1-10-5-4-6-11(2)14(10)19-13-8-7-12(9-15-13)16-20(3,17)18/h4-9,16H,1-3H3. The highest BCUT2D eigenvalue weighted by atomic mass is 32.2. The van der Waals surface area contributed by atoms with E-state index in [4.69, 9.17) is 4.74 Å². The lowest BCUT2D eigenvalue weighted by molar-refractivity contribution is 0.456. The molecule has 6 heteroatoms. The number of hydrogen-bond acceptors (Lipinski definition) is 4. The zero-order valence-electron chi connectivity index (χ0n) is 11.5. The van der Waals surface area contributed by atoms with E-state index in [0.29, 0.717) is 11.6 Å². The van der Waals surface area contributed by atoms with Crippen molar-refractivity contribution < 1.29 is 13.2 Å². The Morgan fingerprint density at radius 2 is 1.75 bits per heavy atom. The van der Waals surface area contributed by atoms with Crippen LogP contribution in [0.4, 0.5) is 5.69 Å². The molecule has 0 saturated heterocycles. The number of rotatable bonds is 4. The van der Waals surface area contributed by atoms with E-state index in [9.17, 15) is 8.42 Å². The van der Waals surface area contributed by atoms with E-state index in [1.54, 1.807) is 12.1 Å². The van der Waals surface area contributed by atoms with Crippen molar-refractivity contribution in [3.8, 4) is 11.6 Å². The molecule has 1 N–H and O–H groups in total.